The van der Waals surface area contributed by atoms with Crippen LogP contribution in [-0.4, -0.2) is 34.3 Å². The SMILES string of the molecule is O=C(O)c1ccc(Cl)nc1NCC1CCCC1CO. The van der Waals surface area contributed by atoms with Gasteiger partial charge in [-0.3, -0.25) is 0 Å². The van der Waals surface area contributed by atoms with Gasteiger partial charge in [0.05, 0.1) is 0 Å². The quantitative estimate of drug-likeness (QED) is 0.723. The van der Waals surface area contributed by atoms with E-state index in [1.54, 1.807) is 0 Å². The first-order chi connectivity index (χ1) is 9.11. The molecule has 1 aliphatic carbocycles. The summed E-state index contributed by atoms with van der Waals surface area (Å²) in [6.45, 7) is 0.792. The molecule has 0 saturated heterocycles. The predicted octanol–water partition coefficient (Wildman–Crippen LogP) is 2.25. The molecule has 1 aromatic rings. The standard InChI is InChI=1S/C13H17ClN2O3/c14-11-5-4-10(13(18)19)12(16-11)15-6-8-2-1-3-9(8)7-17/h4-5,8-9,17H,1-3,6-7H2,(H,15,16)(H,18,19). The van der Waals surface area contributed by atoms with Crippen molar-refractivity contribution in [2.75, 3.05) is 18.5 Å². The van der Waals surface area contributed by atoms with Gasteiger partial charge in [0.25, 0.3) is 0 Å². The average Bonchev–Trinajstić information content (AvgIpc) is 2.83. The van der Waals surface area contributed by atoms with E-state index in [0.29, 0.717) is 24.2 Å². The van der Waals surface area contributed by atoms with Crippen LogP contribution >= 0.6 is 11.6 Å². The molecule has 1 aromatic heterocycles. The van der Waals surface area contributed by atoms with E-state index in [0.717, 1.165) is 19.3 Å². The maximum Gasteiger partial charge on any atom is 0.339 e. The number of aromatic carboxylic acids is 1. The maximum absolute atomic E-state index is 11.1. The van der Waals surface area contributed by atoms with Crippen LogP contribution < -0.4 is 5.32 Å². The van der Waals surface area contributed by atoms with Gasteiger partial charge in [-0.1, -0.05) is 18.0 Å². The number of hydrogen-bond acceptors (Lipinski definition) is 4. The minimum atomic E-state index is -1.03. The van der Waals surface area contributed by atoms with E-state index in [-0.39, 0.29) is 17.3 Å². The molecule has 0 aliphatic heterocycles. The molecule has 3 N–H and O–H groups in total. The number of rotatable bonds is 5. The van der Waals surface area contributed by atoms with E-state index in [9.17, 15) is 9.90 Å². The Hall–Kier alpha value is -1.33. The number of aliphatic hydroxyl groups excluding tert-OH is 1. The van der Waals surface area contributed by atoms with Gasteiger partial charge in [0, 0.05) is 13.2 Å². The Morgan fingerprint density at radius 1 is 1.42 bits per heavy atom. The lowest BCUT2D eigenvalue weighted by molar-refractivity contribution is 0.0697. The molecule has 0 radical (unpaired) electrons. The maximum atomic E-state index is 11.1. The first kappa shape index (κ1) is 14.1. The minimum Gasteiger partial charge on any atom is -0.478 e. The Morgan fingerprint density at radius 3 is 2.84 bits per heavy atom. The van der Waals surface area contributed by atoms with Crippen molar-refractivity contribution >= 4 is 23.4 Å². The van der Waals surface area contributed by atoms with Crippen molar-refractivity contribution in [1.29, 1.82) is 0 Å². The Kier molecular flexibility index (Phi) is 4.61. The number of aromatic nitrogens is 1. The number of aliphatic hydroxyl groups is 1. The number of pyridine rings is 1. The molecule has 0 spiro atoms. The predicted molar refractivity (Wildman–Crippen MR) is 72.6 cm³/mol. The Bertz CT molecular complexity index is 467. The van der Waals surface area contributed by atoms with Gasteiger partial charge in [-0.15, -0.1) is 0 Å². The summed E-state index contributed by atoms with van der Waals surface area (Å²) in [6.07, 6.45) is 3.17. The normalized spacial score (nSPS) is 22.4. The third-order valence-corrected chi connectivity index (χ3v) is 3.88. The van der Waals surface area contributed by atoms with Crippen LogP contribution in [0.2, 0.25) is 5.15 Å². The van der Waals surface area contributed by atoms with Gasteiger partial charge < -0.3 is 15.5 Å². The monoisotopic (exact) mass is 284 g/mol. The molecule has 0 amide bonds. The number of hydrogen-bond donors (Lipinski definition) is 3. The van der Waals surface area contributed by atoms with Crippen LogP contribution in [0, 0.1) is 11.8 Å². The first-order valence-electron chi connectivity index (χ1n) is 6.36. The number of carboxylic acids is 1. The van der Waals surface area contributed by atoms with Gasteiger partial charge in [-0.2, -0.15) is 0 Å². The van der Waals surface area contributed by atoms with Crippen molar-refractivity contribution in [2.24, 2.45) is 11.8 Å². The molecule has 2 rings (SSSR count). The number of carbonyl (C=O) groups is 1. The molecule has 1 heterocycles. The summed E-state index contributed by atoms with van der Waals surface area (Å²) in [4.78, 5) is 15.1. The first-order valence-corrected chi connectivity index (χ1v) is 6.74. The molecule has 6 heteroatoms. The fourth-order valence-corrected chi connectivity index (χ4v) is 2.74. The van der Waals surface area contributed by atoms with Crippen LogP contribution in [0.3, 0.4) is 0 Å². The molecule has 1 aliphatic rings. The second-order valence-corrected chi connectivity index (χ2v) is 5.24. The summed E-state index contributed by atoms with van der Waals surface area (Å²) in [7, 11) is 0. The molecule has 1 fully saturated rings. The van der Waals surface area contributed by atoms with Crippen molar-refractivity contribution in [2.45, 2.75) is 19.3 Å². The Balaban J connectivity index is 2.06. The van der Waals surface area contributed by atoms with E-state index in [4.69, 9.17) is 16.7 Å². The molecule has 1 saturated carbocycles. The van der Waals surface area contributed by atoms with Crippen LogP contribution in [0.4, 0.5) is 5.82 Å². The lowest BCUT2D eigenvalue weighted by atomic mass is 9.97. The largest absolute Gasteiger partial charge is 0.478 e. The van der Waals surface area contributed by atoms with Crippen molar-refractivity contribution in [3.8, 4) is 0 Å². The molecule has 0 aromatic carbocycles. The van der Waals surface area contributed by atoms with E-state index < -0.39 is 5.97 Å². The van der Waals surface area contributed by atoms with Crippen molar-refractivity contribution in [3.63, 3.8) is 0 Å². The highest BCUT2D eigenvalue weighted by atomic mass is 35.5. The fraction of sp³-hybridized carbons (Fsp3) is 0.538. The van der Waals surface area contributed by atoms with Crippen LogP contribution in [-0.2, 0) is 0 Å². The number of nitrogens with zero attached hydrogens (tertiary/aromatic N) is 1. The van der Waals surface area contributed by atoms with Crippen LogP contribution in [0.5, 0.6) is 0 Å². The molecular weight excluding hydrogens is 268 g/mol. The molecule has 104 valence electrons. The zero-order valence-corrected chi connectivity index (χ0v) is 11.2. The second-order valence-electron chi connectivity index (χ2n) is 4.85. The molecule has 19 heavy (non-hydrogen) atoms. The number of nitrogens with one attached hydrogen (secondary N) is 1. The minimum absolute atomic E-state index is 0.114. The smallest absolute Gasteiger partial charge is 0.339 e. The van der Waals surface area contributed by atoms with Crippen LogP contribution in [0.1, 0.15) is 29.6 Å². The van der Waals surface area contributed by atoms with Gasteiger partial charge in [-0.25, -0.2) is 9.78 Å². The fourth-order valence-electron chi connectivity index (χ4n) is 2.59. The third-order valence-electron chi connectivity index (χ3n) is 3.67. The lowest BCUT2D eigenvalue weighted by Crippen LogP contribution is -2.22. The van der Waals surface area contributed by atoms with Gasteiger partial charge >= 0.3 is 5.97 Å². The highest BCUT2D eigenvalue weighted by molar-refractivity contribution is 6.29. The van der Waals surface area contributed by atoms with Crippen molar-refractivity contribution in [1.82, 2.24) is 4.98 Å². The Morgan fingerprint density at radius 2 is 2.16 bits per heavy atom. The van der Waals surface area contributed by atoms with Crippen LogP contribution in [0.15, 0.2) is 12.1 Å². The van der Waals surface area contributed by atoms with E-state index in [1.165, 1.54) is 12.1 Å². The summed E-state index contributed by atoms with van der Waals surface area (Å²) >= 11 is 5.79. The van der Waals surface area contributed by atoms with E-state index in [2.05, 4.69) is 10.3 Å². The van der Waals surface area contributed by atoms with Crippen LogP contribution in [0.25, 0.3) is 0 Å². The third kappa shape index (κ3) is 3.36. The molecule has 2 atom stereocenters. The molecule has 5 nitrogen and oxygen atoms in total. The summed E-state index contributed by atoms with van der Waals surface area (Å²) in [5.74, 6) is -0.0900. The zero-order chi connectivity index (χ0) is 13.8. The van der Waals surface area contributed by atoms with Gasteiger partial charge in [0.2, 0.25) is 0 Å². The number of halogens is 1. The summed E-state index contributed by atoms with van der Waals surface area (Å²) in [5, 5.41) is 21.7. The Labute approximate surface area is 116 Å². The van der Waals surface area contributed by atoms with Crippen molar-refractivity contribution < 1.29 is 15.0 Å². The highest BCUT2D eigenvalue weighted by Crippen LogP contribution is 2.31. The van der Waals surface area contributed by atoms with Gasteiger partial charge in [0.1, 0.15) is 16.5 Å². The molecule has 0 bridgehead atoms. The van der Waals surface area contributed by atoms with Crippen molar-refractivity contribution in [3.05, 3.63) is 22.8 Å². The van der Waals surface area contributed by atoms with E-state index >= 15 is 0 Å². The highest BCUT2D eigenvalue weighted by Gasteiger charge is 2.26. The number of anilines is 1. The molecular formula is C13H17ClN2O3. The van der Waals surface area contributed by atoms with E-state index in [1.807, 2.05) is 0 Å². The topological polar surface area (TPSA) is 82.5 Å². The number of carboxylic acid groups (broad SMARTS) is 1. The van der Waals surface area contributed by atoms with Gasteiger partial charge in [0.15, 0.2) is 0 Å². The summed E-state index contributed by atoms with van der Waals surface area (Å²) < 4.78 is 0. The van der Waals surface area contributed by atoms with Gasteiger partial charge in [-0.05, 0) is 36.8 Å². The lowest BCUT2D eigenvalue weighted by Gasteiger charge is -2.18. The second kappa shape index (κ2) is 6.21. The summed E-state index contributed by atoms with van der Waals surface area (Å²) in [5.41, 5.74) is 0.114. The average molecular weight is 285 g/mol. The summed E-state index contributed by atoms with van der Waals surface area (Å²) in [6, 6.07) is 2.90. The zero-order valence-electron chi connectivity index (χ0n) is 10.5. The molecule has 2 unspecified atom stereocenters.